The Bertz CT molecular complexity index is 711. The second-order valence-corrected chi connectivity index (χ2v) is 5.19. The largest absolute Gasteiger partial charge is 0.454 e. The monoisotopic (exact) mass is 238 g/mol. The van der Waals surface area contributed by atoms with Crippen LogP contribution >= 0.6 is 0 Å². The topological polar surface area (TPSA) is 17.0 Å². The molecule has 1 aromatic rings. The van der Waals surface area contributed by atoms with Gasteiger partial charge in [0.15, 0.2) is 0 Å². The van der Waals surface area contributed by atoms with E-state index in [4.69, 9.17) is 4.42 Å². The fraction of sp³-hybridized carbons (Fsp3) is 0.312. The molecule has 0 bridgehead atoms. The van der Waals surface area contributed by atoms with Gasteiger partial charge in [-0.05, 0) is 30.9 Å². The lowest BCUT2D eigenvalue weighted by Gasteiger charge is -2.14. The van der Waals surface area contributed by atoms with Gasteiger partial charge in [0.2, 0.25) is 17.0 Å². The molecule has 3 aliphatic rings. The normalized spacial score (nSPS) is 15.2. The Morgan fingerprint density at radius 2 is 1.94 bits per heavy atom. The van der Waals surface area contributed by atoms with E-state index in [0.29, 0.717) is 0 Å². The van der Waals surface area contributed by atoms with E-state index in [9.17, 15) is 0 Å². The second-order valence-electron chi connectivity index (χ2n) is 5.19. The second kappa shape index (κ2) is 3.58. The van der Waals surface area contributed by atoms with Crippen molar-refractivity contribution in [2.45, 2.75) is 25.7 Å². The van der Waals surface area contributed by atoms with Crippen LogP contribution in [0, 0.1) is 0 Å². The lowest BCUT2D eigenvalue weighted by Crippen LogP contribution is -2.28. The summed E-state index contributed by atoms with van der Waals surface area (Å²) in [6.45, 7) is 0. The molecule has 2 heterocycles. The van der Waals surface area contributed by atoms with Crippen molar-refractivity contribution in [2.75, 3.05) is 0 Å². The zero-order valence-corrected chi connectivity index (χ0v) is 10.6. The molecule has 2 heteroatoms. The highest BCUT2D eigenvalue weighted by atomic mass is 16.3. The van der Waals surface area contributed by atoms with Crippen LogP contribution < -0.4 is 4.57 Å². The van der Waals surface area contributed by atoms with Crippen molar-refractivity contribution < 1.29 is 8.98 Å². The summed E-state index contributed by atoms with van der Waals surface area (Å²) < 4.78 is 8.44. The molecule has 0 unspecified atom stereocenters. The van der Waals surface area contributed by atoms with Crippen LogP contribution in [-0.2, 0) is 19.9 Å². The minimum absolute atomic E-state index is 1.05. The first kappa shape index (κ1) is 10.1. The molecular weight excluding hydrogens is 222 g/mol. The Balaban J connectivity index is 2.13. The van der Waals surface area contributed by atoms with Gasteiger partial charge in [0.1, 0.15) is 12.8 Å². The Morgan fingerprint density at radius 3 is 2.89 bits per heavy atom. The summed E-state index contributed by atoms with van der Waals surface area (Å²) in [5.74, 6) is 2.25. The van der Waals surface area contributed by atoms with Crippen LogP contribution in [0.3, 0.4) is 0 Å². The maximum atomic E-state index is 6.20. The van der Waals surface area contributed by atoms with E-state index in [2.05, 4.69) is 41.9 Å². The summed E-state index contributed by atoms with van der Waals surface area (Å²) in [5, 5.41) is 1.23. The van der Waals surface area contributed by atoms with Crippen molar-refractivity contribution >= 4 is 10.9 Å². The number of benzene rings is 1. The number of nitrogens with zero attached hydrogens (tertiary/aromatic N) is 1. The van der Waals surface area contributed by atoms with Crippen LogP contribution in [0.15, 0.2) is 34.7 Å². The predicted octanol–water partition coefficient (Wildman–Crippen LogP) is 3.24. The van der Waals surface area contributed by atoms with Crippen LogP contribution in [0.25, 0.3) is 22.4 Å². The number of aryl methyl sites for hydroxylation is 3. The molecule has 0 spiro atoms. The SMILES string of the molecule is C[n+]1c2cc3c(oc-2c2ccccc21)CCCC3. The van der Waals surface area contributed by atoms with Crippen LogP contribution in [0.5, 0.6) is 0 Å². The van der Waals surface area contributed by atoms with E-state index in [0.717, 1.165) is 18.6 Å². The highest BCUT2D eigenvalue weighted by Crippen LogP contribution is 2.34. The minimum atomic E-state index is 1.05. The fourth-order valence-corrected chi connectivity index (χ4v) is 3.11. The van der Waals surface area contributed by atoms with E-state index >= 15 is 0 Å². The van der Waals surface area contributed by atoms with Gasteiger partial charge in [0.05, 0.1) is 5.39 Å². The van der Waals surface area contributed by atoms with Crippen molar-refractivity contribution in [3.05, 3.63) is 41.7 Å². The van der Waals surface area contributed by atoms with Gasteiger partial charge in [-0.2, -0.15) is 4.57 Å². The molecule has 0 atom stereocenters. The van der Waals surface area contributed by atoms with Gasteiger partial charge in [-0.1, -0.05) is 12.1 Å². The molecule has 90 valence electrons. The van der Waals surface area contributed by atoms with E-state index in [1.807, 2.05) is 0 Å². The van der Waals surface area contributed by atoms with Gasteiger partial charge in [0, 0.05) is 18.6 Å². The highest BCUT2D eigenvalue weighted by molar-refractivity contribution is 5.90. The summed E-state index contributed by atoms with van der Waals surface area (Å²) in [6.07, 6.45) is 4.80. The maximum Gasteiger partial charge on any atom is 0.249 e. The zero-order chi connectivity index (χ0) is 12.1. The van der Waals surface area contributed by atoms with Gasteiger partial charge in [-0.25, -0.2) is 0 Å². The third-order valence-corrected chi connectivity index (χ3v) is 4.10. The van der Waals surface area contributed by atoms with E-state index < -0.39 is 0 Å². The van der Waals surface area contributed by atoms with E-state index in [1.54, 1.807) is 0 Å². The first-order valence-corrected chi connectivity index (χ1v) is 6.66. The third kappa shape index (κ3) is 1.26. The molecule has 0 N–H and O–H groups in total. The quantitative estimate of drug-likeness (QED) is 0.549. The predicted molar refractivity (Wildman–Crippen MR) is 70.7 cm³/mol. The lowest BCUT2D eigenvalue weighted by molar-refractivity contribution is -0.631. The van der Waals surface area contributed by atoms with Crippen molar-refractivity contribution in [3.63, 3.8) is 0 Å². The number of para-hydroxylation sites is 1. The van der Waals surface area contributed by atoms with Gasteiger partial charge in [-0.15, -0.1) is 0 Å². The molecule has 0 fully saturated rings. The standard InChI is InChI=1S/C16H16NO/c1-17-13-8-4-3-7-12(13)16-14(17)10-11-6-2-5-9-15(11)18-16/h3-4,7-8,10H,2,5-6,9H2,1H3/q+1. The zero-order valence-electron chi connectivity index (χ0n) is 10.6. The molecule has 2 aliphatic heterocycles. The maximum absolute atomic E-state index is 6.20. The number of hydrogen-bond acceptors (Lipinski definition) is 1. The third-order valence-electron chi connectivity index (χ3n) is 4.10. The molecule has 2 nitrogen and oxygen atoms in total. The number of rotatable bonds is 0. The van der Waals surface area contributed by atoms with Crippen LogP contribution in [0.1, 0.15) is 24.2 Å². The average molecular weight is 238 g/mol. The summed E-state index contributed by atoms with van der Waals surface area (Å²) in [6, 6.07) is 10.8. The highest BCUT2D eigenvalue weighted by Gasteiger charge is 2.28. The smallest absolute Gasteiger partial charge is 0.249 e. The van der Waals surface area contributed by atoms with Crippen molar-refractivity contribution in [1.82, 2.24) is 0 Å². The molecule has 0 amide bonds. The first-order chi connectivity index (χ1) is 8.84. The molecule has 4 rings (SSSR count). The summed E-state index contributed by atoms with van der Waals surface area (Å²) in [7, 11) is 2.12. The molecule has 0 saturated heterocycles. The molecule has 0 radical (unpaired) electrons. The number of aromatic nitrogens is 1. The Morgan fingerprint density at radius 1 is 1.11 bits per heavy atom. The van der Waals surface area contributed by atoms with Crippen molar-refractivity contribution in [3.8, 4) is 11.5 Å². The molecule has 18 heavy (non-hydrogen) atoms. The van der Waals surface area contributed by atoms with Gasteiger partial charge in [0.25, 0.3) is 0 Å². The average Bonchev–Trinajstić information content (AvgIpc) is 2.71. The Labute approximate surface area is 106 Å². The Hall–Kier alpha value is -1.83. The van der Waals surface area contributed by atoms with Crippen molar-refractivity contribution in [2.24, 2.45) is 7.05 Å². The van der Waals surface area contributed by atoms with Crippen molar-refractivity contribution in [1.29, 1.82) is 0 Å². The first-order valence-electron chi connectivity index (χ1n) is 6.66. The van der Waals surface area contributed by atoms with E-state index in [-0.39, 0.29) is 0 Å². The molecule has 0 saturated carbocycles. The van der Waals surface area contributed by atoms with Crippen LogP contribution in [0.4, 0.5) is 0 Å². The minimum Gasteiger partial charge on any atom is -0.454 e. The molecule has 0 aromatic heterocycles. The van der Waals surface area contributed by atoms with Gasteiger partial charge in [-0.3, -0.25) is 0 Å². The molecule has 1 aliphatic carbocycles. The number of fused-ring (bicyclic) bond motifs is 4. The van der Waals surface area contributed by atoms with Crippen LogP contribution in [0.2, 0.25) is 0 Å². The summed E-state index contributed by atoms with van der Waals surface area (Å²) in [5.41, 5.74) is 3.87. The van der Waals surface area contributed by atoms with Crippen LogP contribution in [-0.4, -0.2) is 0 Å². The molecule has 1 aromatic carbocycles. The summed E-state index contributed by atoms with van der Waals surface area (Å²) >= 11 is 0. The van der Waals surface area contributed by atoms with E-state index in [1.165, 1.54) is 40.8 Å². The summed E-state index contributed by atoms with van der Waals surface area (Å²) in [4.78, 5) is 0. The van der Waals surface area contributed by atoms with Gasteiger partial charge < -0.3 is 4.42 Å². The number of hydrogen-bond donors (Lipinski definition) is 0. The van der Waals surface area contributed by atoms with Gasteiger partial charge >= 0.3 is 0 Å². The fourth-order valence-electron chi connectivity index (χ4n) is 3.11. The Kier molecular flexibility index (Phi) is 2.01. The molecular formula is C16H16NO+. The lowest BCUT2D eigenvalue weighted by atomic mass is 9.96.